The van der Waals surface area contributed by atoms with E-state index in [1.807, 2.05) is 7.05 Å². The van der Waals surface area contributed by atoms with Crippen molar-refractivity contribution >= 4 is 29.9 Å². The van der Waals surface area contributed by atoms with E-state index in [1.54, 1.807) is 0 Å². The highest BCUT2D eigenvalue weighted by Crippen LogP contribution is 2.04. The predicted molar refractivity (Wildman–Crippen MR) is 123 cm³/mol. The molecule has 1 aliphatic rings. The van der Waals surface area contributed by atoms with Crippen LogP contribution in [0.5, 0.6) is 0 Å². The summed E-state index contributed by atoms with van der Waals surface area (Å²) in [5.74, 6) is 0.887. The molecular weight excluding hydrogens is 437 g/mol. The van der Waals surface area contributed by atoms with Gasteiger partial charge in [0.05, 0.1) is 0 Å². The van der Waals surface area contributed by atoms with Crippen LogP contribution < -0.4 is 10.6 Å². The first-order valence-corrected chi connectivity index (χ1v) is 9.66. The molecule has 1 heterocycles. The average Bonchev–Trinajstić information content (AvgIpc) is 2.64. The Morgan fingerprint density at radius 2 is 1.81 bits per heavy atom. The monoisotopic (exact) mass is 473 g/mol. The Kier molecular flexibility index (Phi) is 11.9. The van der Waals surface area contributed by atoms with Crippen LogP contribution in [0.25, 0.3) is 0 Å². The Balaban J connectivity index is 0.00000338. The van der Waals surface area contributed by atoms with E-state index in [4.69, 9.17) is 0 Å². The summed E-state index contributed by atoms with van der Waals surface area (Å²) in [7, 11) is 1.83. The van der Waals surface area contributed by atoms with Gasteiger partial charge in [-0.1, -0.05) is 36.8 Å². The number of aliphatic imine (C=N–C) groups is 1. The second-order valence-electron chi connectivity index (χ2n) is 6.82. The van der Waals surface area contributed by atoms with Crippen molar-refractivity contribution in [1.82, 2.24) is 20.4 Å². The highest BCUT2D eigenvalue weighted by Gasteiger charge is 2.14. The van der Waals surface area contributed by atoms with Gasteiger partial charge >= 0.3 is 0 Å². The zero-order valence-electron chi connectivity index (χ0n) is 16.6. The number of unbranched alkanes of at least 4 members (excludes halogenated alkanes) is 1. The summed E-state index contributed by atoms with van der Waals surface area (Å²) in [5, 5.41) is 6.81. The van der Waals surface area contributed by atoms with Crippen molar-refractivity contribution in [2.45, 2.75) is 33.2 Å². The third kappa shape index (κ3) is 8.68. The van der Waals surface area contributed by atoms with Crippen molar-refractivity contribution in [2.75, 3.05) is 52.9 Å². The molecule has 1 aromatic rings. The van der Waals surface area contributed by atoms with Crippen molar-refractivity contribution < 1.29 is 0 Å². The molecule has 0 bridgehead atoms. The molecule has 26 heavy (non-hydrogen) atoms. The number of hydrogen-bond acceptors (Lipinski definition) is 3. The van der Waals surface area contributed by atoms with Crippen molar-refractivity contribution in [1.29, 1.82) is 0 Å². The molecule has 0 aliphatic carbocycles. The number of nitrogens with zero attached hydrogens (tertiary/aromatic N) is 3. The number of benzene rings is 1. The van der Waals surface area contributed by atoms with Gasteiger partial charge < -0.3 is 20.4 Å². The zero-order chi connectivity index (χ0) is 17.9. The fraction of sp³-hybridized carbons (Fsp3) is 0.650. The van der Waals surface area contributed by atoms with Crippen LogP contribution in [0.2, 0.25) is 0 Å². The third-order valence-electron chi connectivity index (χ3n) is 4.87. The lowest BCUT2D eigenvalue weighted by atomic mass is 10.1. The van der Waals surface area contributed by atoms with E-state index in [-0.39, 0.29) is 24.0 Å². The van der Waals surface area contributed by atoms with Crippen LogP contribution in [-0.4, -0.2) is 68.6 Å². The minimum atomic E-state index is 0. The molecule has 6 heteroatoms. The van der Waals surface area contributed by atoms with Crippen LogP contribution in [0.4, 0.5) is 0 Å². The molecule has 2 N–H and O–H groups in total. The number of nitrogens with one attached hydrogen (secondary N) is 2. The van der Waals surface area contributed by atoms with Gasteiger partial charge in [-0.15, -0.1) is 24.0 Å². The largest absolute Gasteiger partial charge is 0.356 e. The Hall–Kier alpha value is -0.860. The Labute approximate surface area is 176 Å². The second-order valence-corrected chi connectivity index (χ2v) is 6.82. The number of piperazine rings is 1. The van der Waals surface area contributed by atoms with Gasteiger partial charge in [-0.3, -0.25) is 4.99 Å². The van der Waals surface area contributed by atoms with E-state index in [1.165, 1.54) is 63.2 Å². The molecule has 0 spiro atoms. The van der Waals surface area contributed by atoms with Crippen LogP contribution in [0.15, 0.2) is 29.3 Å². The first-order valence-electron chi connectivity index (χ1n) is 9.66. The summed E-state index contributed by atoms with van der Waals surface area (Å²) in [6.07, 6.45) is 2.42. The summed E-state index contributed by atoms with van der Waals surface area (Å²) in [6.45, 7) is 13.5. The van der Waals surface area contributed by atoms with Crippen molar-refractivity contribution in [3.63, 3.8) is 0 Å². The van der Waals surface area contributed by atoms with Gasteiger partial charge in [0, 0.05) is 46.3 Å². The topological polar surface area (TPSA) is 42.9 Å². The summed E-state index contributed by atoms with van der Waals surface area (Å²) < 4.78 is 0. The molecule has 0 radical (unpaired) electrons. The van der Waals surface area contributed by atoms with Crippen LogP contribution in [-0.2, 0) is 6.54 Å². The smallest absolute Gasteiger partial charge is 0.191 e. The normalized spacial score (nSPS) is 16.2. The molecule has 2 rings (SSSR count). The van der Waals surface area contributed by atoms with Crippen molar-refractivity contribution in [3.05, 3.63) is 35.4 Å². The SMILES string of the molecule is CCN1CCN(CCCCNC(=NC)NCc2cccc(C)c2)CC1.I. The maximum Gasteiger partial charge on any atom is 0.191 e. The Bertz CT molecular complexity index is 527. The Morgan fingerprint density at radius 3 is 2.46 bits per heavy atom. The van der Waals surface area contributed by atoms with Gasteiger partial charge in [0.1, 0.15) is 0 Å². The highest BCUT2D eigenvalue weighted by molar-refractivity contribution is 14.0. The summed E-state index contributed by atoms with van der Waals surface area (Å²) in [5.41, 5.74) is 2.58. The first kappa shape index (κ1) is 23.2. The minimum absolute atomic E-state index is 0. The highest BCUT2D eigenvalue weighted by atomic mass is 127. The summed E-state index contributed by atoms with van der Waals surface area (Å²) >= 11 is 0. The minimum Gasteiger partial charge on any atom is -0.356 e. The standard InChI is InChI=1S/C20H35N5.HI/c1-4-24-12-14-25(15-13-24)11-6-5-10-22-20(21-3)23-17-19-9-7-8-18(2)16-19;/h7-9,16H,4-6,10-15,17H2,1-3H3,(H2,21,22,23);1H. The molecule has 1 aromatic carbocycles. The zero-order valence-corrected chi connectivity index (χ0v) is 19.0. The number of hydrogen-bond donors (Lipinski definition) is 2. The predicted octanol–water partition coefficient (Wildman–Crippen LogP) is 2.70. The van der Waals surface area contributed by atoms with E-state index in [2.05, 4.69) is 63.5 Å². The summed E-state index contributed by atoms with van der Waals surface area (Å²) in [6, 6.07) is 8.58. The molecular formula is C20H36IN5. The van der Waals surface area contributed by atoms with Crippen molar-refractivity contribution in [3.8, 4) is 0 Å². The van der Waals surface area contributed by atoms with Gasteiger partial charge in [0.25, 0.3) is 0 Å². The van der Waals surface area contributed by atoms with Gasteiger partial charge in [-0.05, 0) is 38.4 Å². The number of likely N-dealkylation sites (N-methyl/N-ethyl adjacent to an activating group) is 1. The Morgan fingerprint density at radius 1 is 1.08 bits per heavy atom. The number of halogens is 1. The van der Waals surface area contributed by atoms with E-state index in [9.17, 15) is 0 Å². The maximum atomic E-state index is 4.31. The number of aryl methyl sites for hydroxylation is 1. The van der Waals surface area contributed by atoms with E-state index in [0.717, 1.165) is 19.0 Å². The molecule has 1 aliphatic heterocycles. The molecule has 1 saturated heterocycles. The molecule has 0 atom stereocenters. The lowest BCUT2D eigenvalue weighted by molar-refractivity contribution is 0.136. The van der Waals surface area contributed by atoms with E-state index in [0.29, 0.717) is 0 Å². The number of guanidine groups is 1. The lowest BCUT2D eigenvalue weighted by Gasteiger charge is -2.34. The van der Waals surface area contributed by atoms with Gasteiger partial charge in [0.15, 0.2) is 5.96 Å². The quantitative estimate of drug-likeness (QED) is 0.264. The average molecular weight is 473 g/mol. The van der Waals surface area contributed by atoms with Crippen LogP contribution >= 0.6 is 24.0 Å². The fourth-order valence-corrected chi connectivity index (χ4v) is 3.22. The molecule has 148 valence electrons. The van der Waals surface area contributed by atoms with Gasteiger partial charge in [0.2, 0.25) is 0 Å². The third-order valence-corrected chi connectivity index (χ3v) is 4.87. The van der Waals surface area contributed by atoms with E-state index >= 15 is 0 Å². The summed E-state index contributed by atoms with van der Waals surface area (Å²) in [4.78, 5) is 9.43. The van der Waals surface area contributed by atoms with Crippen LogP contribution in [0.1, 0.15) is 30.9 Å². The van der Waals surface area contributed by atoms with Crippen LogP contribution in [0.3, 0.4) is 0 Å². The van der Waals surface area contributed by atoms with Gasteiger partial charge in [-0.25, -0.2) is 0 Å². The molecule has 0 unspecified atom stereocenters. The van der Waals surface area contributed by atoms with Crippen molar-refractivity contribution in [2.24, 2.45) is 4.99 Å². The van der Waals surface area contributed by atoms with Gasteiger partial charge in [-0.2, -0.15) is 0 Å². The molecule has 0 aromatic heterocycles. The molecule has 0 amide bonds. The lowest BCUT2D eigenvalue weighted by Crippen LogP contribution is -2.46. The first-order chi connectivity index (χ1) is 12.2. The second kappa shape index (κ2) is 13.3. The molecule has 0 saturated carbocycles. The van der Waals surface area contributed by atoms with E-state index < -0.39 is 0 Å². The maximum absolute atomic E-state index is 4.31. The van der Waals surface area contributed by atoms with Crippen LogP contribution in [0, 0.1) is 6.92 Å². The fourth-order valence-electron chi connectivity index (χ4n) is 3.22. The molecule has 5 nitrogen and oxygen atoms in total. The number of rotatable bonds is 8. The molecule has 1 fully saturated rings.